The van der Waals surface area contributed by atoms with Crippen LogP contribution in [0.3, 0.4) is 0 Å². The molecule has 0 radical (unpaired) electrons. The molecule has 26 heavy (non-hydrogen) atoms. The molecule has 2 fully saturated rings. The van der Waals surface area contributed by atoms with Crippen LogP contribution in [0.2, 0.25) is 0 Å². The quantitative estimate of drug-likeness (QED) is 0.214. The van der Waals surface area contributed by atoms with Gasteiger partial charge in [-0.05, 0) is 49.4 Å². The van der Waals surface area contributed by atoms with Gasteiger partial charge in [-0.15, -0.1) is 6.58 Å². The highest BCUT2D eigenvalue weighted by atomic mass is 14.3. The number of allylic oxidation sites excluding steroid dienone is 1. The minimum atomic E-state index is 1.00. The SMILES string of the molecule is C=CCCC(CC[C@H]1CCC[C@@H]1CCCCCCCC)C1CCCCC1. The fourth-order valence-electron chi connectivity index (χ4n) is 6.04. The molecule has 0 heterocycles. The monoisotopic (exact) mass is 360 g/mol. The Hall–Kier alpha value is -0.260. The van der Waals surface area contributed by atoms with E-state index in [0.717, 1.165) is 23.7 Å². The zero-order chi connectivity index (χ0) is 18.5. The summed E-state index contributed by atoms with van der Waals surface area (Å²) in [6.07, 6.45) is 30.3. The summed E-state index contributed by atoms with van der Waals surface area (Å²) in [7, 11) is 0. The fourth-order valence-corrected chi connectivity index (χ4v) is 6.04. The van der Waals surface area contributed by atoms with Gasteiger partial charge in [0.05, 0.1) is 0 Å². The minimum absolute atomic E-state index is 1.00. The molecule has 0 aromatic heterocycles. The molecular weight excluding hydrogens is 312 g/mol. The fraction of sp³-hybridized carbons (Fsp3) is 0.923. The second-order valence-electron chi connectivity index (χ2n) is 9.61. The number of hydrogen-bond acceptors (Lipinski definition) is 0. The minimum Gasteiger partial charge on any atom is -0.103 e. The van der Waals surface area contributed by atoms with Crippen LogP contribution in [0.25, 0.3) is 0 Å². The third kappa shape index (κ3) is 8.18. The Bertz CT molecular complexity index is 338. The normalized spacial score (nSPS) is 25.4. The molecule has 2 saturated carbocycles. The Kier molecular flexibility index (Phi) is 11.7. The van der Waals surface area contributed by atoms with Gasteiger partial charge in [0, 0.05) is 0 Å². The van der Waals surface area contributed by atoms with Crippen molar-refractivity contribution in [2.75, 3.05) is 0 Å². The van der Waals surface area contributed by atoms with Crippen LogP contribution in [0.15, 0.2) is 12.7 Å². The first-order valence-corrected chi connectivity index (χ1v) is 12.5. The predicted molar refractivity (Wildman–Crippen MR) is 118 cm³/mol. The summed E-state index contributed by atoms with van der Waals surface area (Å²) < 4.78 is 0. The van der Waals surface area contributed by atoms with E-state index >= 15 is 0 Å². The van der Waals surface area contributed by atoms with E-state index in [4.69, 9.17) is 0 Å². The highest BCUT2D eigenvalue weighted by Crippen LogP contribution is 2.41. The van der Waals surface area contributed by atoms with Crippen molar-refractivity contribution in [2.24, 2.45) is 23.7 Å². The van der Waals surface area contributed by atoms with Crippen molar-refractivity contribution in [3.8, 4) is 0 Å². The largest absolute Gasteiger partial charge is 0.103 e. The van der Waals surface area contributed by atoms with Crippen LogP contribution in [0.1, 0.15) is 129 Å². The molecule has 3 atom stereocenters. The van der Waals surface area contributed by atoms with Crippen molar-refractivity contribution in [1.29, 1.82) is 0 Å². The average Bonchev–Trinajstić information content (AvgIpc) is 3.13. The molecule has 0 aromatic rings. The van der Waals surface area contributed by atoms with Gasteiger partial charge < -0.3 is 0 Å². The first-order valence-electron chi connectivity index (χ1n) is 12.5. The number of rotatable bonds is 14. The molecule has 0 aromatic carbocycles. The van der Waals surface area contributed by atoms with E-state index in [1.165, 1.54) is 103 Å². The van der Waals surface area contributed by atoms with Gasteiger partial charge in [0.15, 0.2) is 0 Å². The summed E-state index contributed by atoms with van der Waals surface area (Å²) in [5, 5.41) is 0. The Morgan fingerprint density at radius 2 is 1.46 bits per heavy atom. The molecule has 0 bridgehead atoms. The third-order valence-electron chi connectivity index (χ3n) is 7.71. The van der Waals surface area contributed by atoms with E-state index in [9.17, 15) is 0 Å². The highest BCUT2D eigenvalue weighted by molar-refractivity contribution is 4.82. The van der Waals surface area contributed by atoms with Crippen LogP contribution >= 0.6 is 0 Å². The van der Waals surface area contributed by atoms with Gasteiger partial charge in [-0.2, -0.15) is 0 Å². The molecule has 0 amide bonds. The second kappa shape index (κ2) is 13.8. The maximum absolute atomic E-state index is 3.99. The van der Waals surface area contributed by atoms with Gasteiger partial charge in [0.2, 0.25) is 0 Å². The molecule has 2 aliphatic carbocycles. The molecule has 2 aliphatic rings. The lowest BCUT2D eigenvalue weighted by molar-refractivity contribution is 0.203. The first kappa shape index (κ1) is 22.0. The van der Waals surface area contributed by atoms with E-state index in [1.54, 1.807) is 19.3 Å². The Morgan fingerprint density at radius 1 is 0.769 bits per heavy atom. The summed E-state index contributed by atoms with van der Waals surface area (Å²) in [6.45, 7) is 6.31. The van der Waals surface area contributed by atoms with Crippen LogP contribution in [0, 0.1) is 23.7 Å². The molecule has 0 spiro atoms. The molecule has 1 unspecified atom stereocenters. The van der Waals surface area contributed by atoms with Crippen LogP contribution in [-0.2, 0) is 0 Å². The van der Waals surface area contributed by atoms with Crippen LogP contribution in [0.4, 0.5) is 0 Å². The van der Waals surface area contributed by atoms with Gasteiger partial charge >= 0.3 is 0 Å². The van der Waals surface area contributed by atoms with Crippen LogP contribution in [-0.4, -0.2) is 0 Å². The van der Waals surface area contributed by atoms with Crippen molar-refractivity contribution < 1.29 is 0 Å². The van der Waals surface area contributed by atoms with Gasteiger partial charge in [-0.25, -0.2) is 0 Å². The summed E-state index contributed by atoms with van der Waals surface area (Å²) in [5.74, 6) is 4.19. The molecular formula is C26H48. The van der Waals surface area contributed by atoms with Gasteiger partial charge in [0.1, 0.15) is 0 Å². The lowest BCUT2D eigenvalue weighted by Crippen LogP contribution is -2.20. The number of hydrogen-bond donors (Lipinski definition) is 0. The Morgan fingerprint density at radius 3 is 2.19 bits per heavy atom. The first-order chi connectivity index (χ1) is 12.8. The van der Waals surface area contributed by atoms with Crippen molar-refractivity contribution in [1.82, 2.24) is 0 Å². The van der Waals surface area contributed by atoms with Crippen molar-refractivity contribution >= 4 is 0 Å². The standard InChI is InChI=1S/C26H48/c1-3-5-7-8-9-11-16-24-19-14-20-26(24)22-21-25(15-6-4-2)23-17-12-10-13-18-23/h4,23-26H,2-3,5-22H2,1H3/t24-,25?,26+/m0/s1. The zero-order valence-corrected chi connectivity index (χ0v) is 18.0. The third-order valence-corrected chi connectivity index (χ3v) is 7.71. The second-order valence-corrected chi connectivity index (χ2v) is 9.61. The van der Waals surface area contributed by atoms with Gasteiger partial charge in [-0.1, -0.05) is 109 Å². The maximum atomic E-state index is 3.99. The smallest absolute Gasteiger partial charge is 0.0351 e. The van der Waals surface area contributed by atoms with E-state index < -0.39 is 0 Å². The summed E-state index contributed by atoms with van der Waals surface area (Å²) >= 11 is 0. The highest BCUT2D eigenvalue weighted by Gasteiger charge is 2.29. The Labute approximate surface area is 165 Å². The van der Waals surface area contributed by atoms with Crippen molar-refractivity contribution in [2.45, 2.75) is 129 Å². The van der Waals surface area contributed by atoms with Gasteiger partial charge in [-0.3, -0.25) is 0 Å². The average molecular weight is 361 g/mol. The lowest BCUT2D eigenvalue weighted by atomic mass is 9.74. The topological polar surface area (TPSA) is 0 Å². The van der Waals surface area contributed by atoms with E-state index in [0.29, 0.717) is 0 Å². The summed E-state index contributed by atoms with van der Waals surface area (Å²) in [5.41, 5.74) is 0. The van der Waals surface area contributed by atoms with E-state index in [2.05, 4.69) is 19.6 Å². The zero-order valence-electron chi connectivity index (χ0n) is 18.0. The van der Waals surface area contributed by atoms with Crippen LogP contribution < -0.4 is 0 Å². The molecule has 0 aliphatic heterocycles. The van der Waals surface area contributed by atoms with E-state index in [-0.39, 0.29) is 0 Å². The lowest BCUT2D eigenvalue weighted by Gasteiger charge is -2.31. The van der Waals surface area contributed by atoms with E-state index in [1.807, 2.05) is 0 Å². The molecule has 152 valence electrons. The molecule has 0 heteroatoms. The summed E-state index contributed by atoms with van der Waals surface area (Å²) in [4.78, 5) is 0. The predicted octanol–water partition coefficient (Wildman–Crippen LogP) is 9.10. The maximum Gasteiger partial charge on any atom is -0.0351 e. The number of unbranched alkanes of at least 4 members (excludes halogenated alkanes) is 5. The van der Waals surface area contributed by atoms with Crippen molar-refractivity contribution in [3.63, 3.8) is 0 Å². The molecule has 0 nitrogen and oxygen atoms in total. The molecule has 2 rings (SSSR count). The van der Waals surface area contributed by atoms with Crippen molar-refractivity contribution in [3.05, 3.63) is 12.7 Å². The van der Waals surface area contributed by atoms with Gasteiger partial charge in [0.25, 0.3) is 0 Å². The summed E-state index contributed by atoms with van der Waals surface area (Å²) in [6, 6.07) is 0. The molecule has 0 saturated heterocycles. The molecule has 0 N–H and O–H groups in total. The van der Waals surface area contributed by atoms with Crippen LogP contribution in [0.5, 0.6) is 0 Å². The Balaban J connectivity index is 1.69.